The van der Waals surface area contributed by atoms with E-state index in [1.807, 2.05) is 0 Å². The fraction of sp³-hybridized carbons (Fsp3) is 0.830. The predicted octanol–water partition coefficient (Wildman–Crippen LogP) is 24.8. The summed E-state index contributed by atoms with van der Waals surface area (Å²) in [6.45, 7) is 3.78. The summed E-state index contributed by atoms with van der Waals surface area (Å²) in [6.07, 6.45) is 103. The summed E-state index contributed by atoms with van der Waals surface area (Å²) in [5.41, 5.74) is 0. The number of carbonyl (C=O) groups is 1. The second-order valence-electron chi connectivity index (χ2n) is 29.3. The molecule has 0 aliphatic carbocycles. The molecule has 9 heteroatoms. The molecule has 7 unspecified atom stereocenters. The fourth-order valence-electron chi connectivity index (χ4n) is 13.5. The highest BCUT2D eigenvalue weighted by atomic mass is 16.7. The number of carbonyl (C=O) groups excluding carboxylic acids is 1. The maximum atomic E-state index is 13.2. The molecular weight excluding hydrogens is 1200 g/mol. The Morgan fingerprint density at radius 3 is 0.948 bits per heavy atom. The standard InChI is InChI=1S/C88H161NO8/c1-3-5-7-9-11-13-15-17-19-21-23-25-27-29-31-33-35-37-38-39-40-41-42-43-44-46-48-50-52-54-56-58-60-62-64-66-68-70-72-74-76-78-84(92)89-81(80-96-88-87(95)86(94)85(93)83(79-90)97-88)82(91)77-75-73-71-69-67-65-63-61-59-57-55-53-51-49-47-45-36-34-32-30-28-26-24-22-20-18-16-14-12-10-8-6-4-2/h5,7,11,13,17,19,23,25,29,31,35,37,39-40,81-83,85-88,90-91,93-95H,3-4,6,8-10,12,14-16,18,20-22,24,26-28,30,32-34,36,38,41-80H2,1-2H3,(H,89,92)/b7-5-,13-11-,19-17-,25-23-,31-29-,37-35-,40-39-. The van der Waals surface area contributed by atoms with Crippen LogP contribution in [0.25, 0.3) is 0 Å². The van der Waals surface area contributed by atoms with Gasteiger partial charge in [-0.25, -0.2) is 0 Å². The Kier molecular flexibility index (Phi) is 72.4. The van der Waals surface area contributed by atoms with Gasteiger partial charge in [0.1, 0.15) is 24.4 Å². The average Bonchev–Trinajstić information content (AvgIpc) is 0.854. The van der Waals surface area contributed by atoms with Crippen LogP contribution >= 0.6 is 0 Å². The van der Waals surface area contributed by atoms with E-state index in [9.17, 15) is 30.3 Å². The quantitative estimate of drug-likeness (QED) is 0.0261. The summed E-state index contributed by atoms with van der Waals surface area (Å²) in [4.78, 5) is 13.2. The molecule has 9 nitrogen and oxygen atoms in total. The van der Waals surface area contributed by atoms with Crippen molar-refractivity contribution >= 4 is 5.91 Å². The van der Waals surface area contributed by atoms with Crippen molar-refractivity contribution < 1.29 is 39.8 Å². The Morgan fingerprint density at radius 1 is 0.361 bits per heavy atom. The highest BCUT2D eigenvalue weighted by Gasteiger charge is 2.44. The van der Waals surface area contributed by atoms with Crippen molar-refractivity contribution in [2.24, 2.45) is 0 Å². The third-order valence-electron chi connectivity index (χ3n) is 20.0. The molecule has 0 radical (unpaired) electrons. The van der Waals surface area contributed by atoms with Crippen LogP contribution in [0, 0.1) is 0 Å². The van der Waals surface area contributed by atoms with E-state index in [2.05, 4.69) is 104 Å². The summed E-state index contributed by atoms with van der Waals surface area (Å²) < 4.78 is 11.4. The molecule has 1 aliphatic heterocycles. The third-order valence-corrected chi connectivity index (χ3v) is 20.0. The molecule has 0 bridgehead atoms. The number of aliphatic hydroxyl groups is 5. The molecule has 566 valence electrons. The Balaban J connectivity index is 2.04. The highest BCUT2D eigenvalue weighted by molar-refractivity contribution is 5.76. The van der Waals surface area contributed by atoms with Crippen molar-refractivity contribution in [3.8, 4) is 0 Å². The van der Waals surface area contributed by atoms with Crippen molar-refractivity contribution in [1.29, 1.82) is 0 Å². The normalized spacial score (nSPS) is 17.8. The van der Waals surface area contributed by atoms with Crippen LogP contribution in [0.1, 0.15) is 412 Å². The van der Waals surface area contributed by atoms with Crippen LogP contribution in [0.4, 0.5) is 0 Å². The number of hydrogen-bond donors (Lipinski definition) is 6. The smallest absolute Gasteiger partial charge is 0.220 e. The van der Waals surface area contributed by atoms with Gasteiger partial charge in [0.25, 0.3) is 0 Å². The molecule has 0 aromatic heterocycles. The van der Waals surface area contributed by atoms with Gasteiger partial charge in [0.05, 0.1) is 25.4 Å². The van der Waals surface area contributed by atoms with Crippen LogP contribution in [0.15, 0.2) is 85.1 Å². The molecule has 1 saturated heterocycles. The van der Waals surface area contributed by atoms with Gasteiger partial charge in [0, 0.05) is 6.42 Å². The minimum atomic E-state index is -1.56. The van der Waals surface area contributed by atoms with Crippen LogP contribution in [0.3, 0.4) is 0 Å². The Bertz CT molecular complexity index is 1820. The molecule has 6 N–H and O–H groups in total. The zero-order chi connectivity index (χ0) is 69.9. The lowest BCUT2D eigenvalue weighted by Gasteiger charge is -2.40. The summed E-state index contributed by atoms with van der Waals surface area (Å²) in [6, 6.07) is -0.723. The SMILES string of the molecule is CC/C=C\C/C=C\C/C=C\C/C=C\C/C=C\C/C=C\C/C=C\CCCCCCCCCCCCCCCCCCCCCC(=O)NC(COC1OC(CO)C(O)C(O)C1O)C(O)CCCCCCCCCCCCCCCCCCCCCCCCCCCCCCCCCCC. The molecule has 7 atom stereocenters. The monoisotopic (exact) mass is 1360 g/mol. The molecule has 0 spiro atoms. The van der Waals surface area contributed by atoms with E-state index in [0.717, 1.165) is 83.5 Å². The van der Waals surface area contributed by atoms with Gasteiger partial charge in [0.15, 0.2) is 6.29 Å². The number of hydrogen-bond acceptors (Lipinski definition) is 8. The van der Waals surface area contributed by atoms with Gasteiger partial charge in [-0.15, -0.1) is 0 Å². The van der Waals surface area contributed by atoms with Crippen LogP contribution in [0.2, 0.25) is 0 Å². The third kappa shape index (κ3) is 64.0. The van der Waals surface area contributed by atoms with Crippen molar-refractivity contribution in [2.45, 2.75) is 455 Å². The van der Waals surface area contributed by atoms with E-state index < -0.39 is 49.5 Å². The molecule has 1 rings (SSSR count). The Morgan fingerprint density at radius 2 is 0.639 bits per heavy atom. The van der Waals surface area contributed by atoms with Gasteiger partial charge in [-0.2, -0.15) is 0 Å². The number of nitrogens with one attached hydrogen (secondary N) is 1. The summed E-state index contributed by atoms with van der Waals surface area (Å²) >= 11 is 0. The topological polar surface area (TPSA) is 149 Å². The van der Waals surface area contributed by atoms with E-state index in [-0.39, 0.29) is 12.5 Å². The van der Waals surface area contributed by atoms with E-state index in [1.54, 1.807) is 0 Å². The first-order valence-corrected chi connectivity index (χ1v) is 42.3. The maximum Gasteiger partial charge on any atom is 0.220 e. The van der Waals surface area contributed by atoms with E-state index in [1.165, 1.54) is 302 Å². The molecule has 0 saturated carbocycles. The van der Waals surface area contributed by atoms with Crippen molar-refractivity contribution in [2.75, 3.05) is 13.2 Å². The van der Waals surface area contributed by atoms with Crippen molar-refractivity contribution in [1.82, 2.24) is 5.32 Å². The first-order chi connectivity index (χ1) is 47.8. The second-order valence-corrected chi connectivity index (χ2v) is 29.3. The first-order valence-electron chi connectivity index (χ1n) is 42.3. The number of rotatable bonds is 75. The van der Waals surface area contributed by atoms with E-state index in [0.29, 0.717) is 12.8 Å². The van der Waals surface area contributed by atoms with E-state index in [4.69, 9.17) is 9.47 Å². The van der Waals surface area contributed by atoms with Crippen LogP contribution in [0.5, 0.6) is 0 Å². The minimum absolute atomic E-state index is 0.136. The summed E-state index contributed by atoms with van der Waals surface area (Å²) in [5.74, 6) is -0.138. The zero-order valence-corrected chi connectivity index (χ0v) is 63.8. The number of amides is 1. The Hall–Kier alpha value is -2.63. The first kappa shape index (κ1) is 92.4. The minimum Gasteiger partial charge on any atom is -0.394 e. The largest absolute Gasteiger partial charge is 0.394 e. The lowest BCUT2D eigenvalue weighted by Crippen LogP contribution is -2.60. The number of unbranched alkanes of at least 4 members (excludes halogenated alkanes) is 51. The van der Waals surface area contributed by atoms with Gasteiger partial charge in [-0.05, 0) is 70.6 Å². The molecule has 1 heterocycles. The zero-order valence-electron chi connectivity index (χ0n) is 63.8. The van der Waals surface area contributed by atoms with Gasteiger partial charge < -0.3 is 40.3 Å². The average molecular weight is 1360 g/mol. The molecule has 1 aliphatic rings. The van der Waals surface area contributed by atoms with Crippen molar-refractivity contribution in [3.05, 3.63) is 85.1 Å². The van der Waals surface area contributed by atoms with E-state index >= 15 is 0 Å². The molecular formula is C88H161NO8. The molecule has 1 fully saturated rings. The van der Waals surface area contributed by atoms with Crippen LogP contribution < -0.4 is 5.32 Å². The van der Waals surface area contributed by atoms with Crippen LogP contribution in [-0.4, -0.2) is 87.5 Å². The Labute approximate surface area is 601 Å². The molecule has 0 aromatic rings. The number of ether oxygens (including phenoxy) is 2. The van der Waals surface area contributed by atoms with Gasteiger partial charge >= 0.3 is 0 Å². The molecule has 1 amide bonds. The number of allylic oxidation sites excluding steroid dienone is 14. The summed E-state index contributed by atoms with van der Waals surface area (Å²) in [7, 11) is 0. The lowest BCUT2D eigenvalue weighted by molar-refractivity contribution is -0.302. The second kappa shape index (κ2) is 76.0. The van der Waals surface area contributed by atoms with Gasteiger partial charge in [-0.3, -0.25) is 4.79 Å². The maximum absolute atomic E-state index is 13.2. The summed E-state index contributed by atoms with van der Waals surface area (Å²) in [5, 5.41) is 55.2. The van der Waals surface area contributed by atoms with Crippen LogP contribution in [-0.2, 0) is 14.3 Å². The molecule has 0 aromatic carbocycles. The van der Waals surface area contributed by atoms with Crippen molar-refractivity contribution in [3.63, 3.8) is 0 Å². The number of aliphatic hydroxyl groups excluding tert-OH is 5. The van der Waals surface area contributed by atoms with Gasteiger partial charge in [0.2, 0.25) is 5.91 Å². The molecule has 97 heavy (non-hydrogen) atoms. The van der Waals surface area contributed by atoms with Gasteiger partial charge in [-0.1, -0.05) is 420 Å². The fourth-order valence-corrected chi connectivity index (χ4v) is 13.5. The highest BCUT2D eigenvalue weighted by Crippen LogP contribution is 2.24. The lowest BCUT2D eigenvalue weighted by atomic mass is 9.99. The predicted molar refractivity (Wildman–Crippen MR) is 419 cm³/mol.